The summed E-state index contributed by atoms with van der Waals surface area (Å²) in [6.07, 6.45) is -0.714. The van der Waals surface area contributed by atoms with Crippen molar-refractivity contribution in [1.82, 2.24) is 0 Å². The summed E-state index contributed by atoms with van der Waals surface area (Å²) in [6.45, 7) is 8.09. The maximum Gasteiger partial charge on any atom is 0.216 e. The zero-order chi connectivity index (χ0) is 12.9. The van der Waals surface area contributed by atoms with Crippen LogP contribution in [0.3, 0.4) is 0 Å². The van der Waals surface area contributed by atoms with E-state index in [9.17, 15) is 10.2 Å². The van der Waals surface area contributed by atoms with E-state index in [1.165, 1.54) is 7.11 Å². The van der Waals surface area contributed by atoms with Gasteiger partial charge in [0.05, 0.1) is 33.0 Å². The fourth-order valence-electron chi connectivity index (χ4n) is 1.09. The first-order valence-corrected chi connectivity index (χ1v) is 5.54. The number of ether oxygens (including phenoxy) is 3. The summed E-state index contributed by atoms with van der Waals surface area (Å²) in [7, 11) is 1.50. The normalized spacial score (nSPS) is 14.2. The van der Waals surface area contributed by atoms with Gasteiger partial charge in [-0.25, -0.2) is 6.57 Å². The summed E-state index contributed by atoms with van der Waals surface area (Å²) >= 11 is 0. The van der Waals surface area contributed by atoms with Crippen molar-refractivity contribution in [3.05, 3.63) is 11.4 Å². The van der Waals surface area contributed by atoms with Crippen LogP contribution in [0.5, 0.6) is 0 Å². The Morgan fingerprint density at radius 3 is 2.24 bits per heavy atom. The predicted octanol–water partition coefficient (Wildman–Crippen LogP) is -0.303. The summed E-state index contributed by atoms with van der Waals surface area (Å²) in [4.78, 5) is 3.18. The van der Waals surface area contributed by atoms with Gasteiger partial charge in [0.2, 0.25) is 6.54 Å². The molecule has 0 bridgehead atoms. The number of hydrogen-bond acceptors (Lipinski definition) is 5. The highest BCUT2D eigenvalue weighted by Gasteiger charge is 2.07. The highest BCUT2D eigenvalue weighted by Crippen LogP contribution is 1.92. The van der Waals surface area contributed by atoms with Crippen LogP contribution in [0.15, 0.2) is 0 Å². The molecule has 6 nitrogen and oxygen atoms in total. The van der Waals surface area contributed by atoms with Gasteiger partial charge < -0.3 is 29.3 Å². The first-order chi connectivity index (χ1) is 8.20. The van der Waals surface area contributed by atoms with Gasteiger partial charge in [-0.05, 0) is 0 Å². The van der Waals surface area contributed by atoms with Crippen molar-refractivity contribution >= 4 is 0 Å². The van der Waals surface area contributed by atoms with Gasteiger partial charge in [-0.2, -0.15) is 0 Å². The van der Waals surface area contributed by atoms with Crippen LogP contribution < -0.4 is 0 Å². The molecule has 2 atom stereocenters. The van der Waals surface area contributed by atoms with E-state index < -0.39 is 12.2 Å². The van der Waals surface area contributed by atoms with Crippen LogP contribution in [-0.2, 0) is 14.2 Å². The van der Waals surface area contributed by atoms with Crippen LogP contribution in [0.1, 0.15) is 6.42 Å². The number of aliphatic hydroxyl groups excluding tert-OH is 2. The highest BCUT2D eigenvalue weighted by molar-refractivity contribution is 4.58. The number of aliphatic hydroxyl groups is 2. The molecule has 17 heavy (non-hydrogen) atoms. The molecule has 0 saturated heterocycles. The minimum Gasteiger partial charge on any atom is -0.388 e. The third kappa shape index (κ3) is 11.6. The average Bonchev–Trinajstić information content (AvgIpc) is 2.29. The van der Waals surface area contributed by atoms with Crippen LogP contribution >= 0.6 is 0 Å². The van der Waals surface area contributed by atoms with Gasteiger partial charge in [0.15, 0.2) is 0 Å². The predicted molar refractivity (Wildman–Crippen MR) is 61.6 cm³/mol. The Labute approximate surface area is 102 Å². The molecule has 0 aromatic rings. The zero-order valence-electron chi connectivity index (χ0n) is 10.2. The maximum absolute atomic E-state index is 9.43. The maximum atomic E-state index is 9.43. The third-order valence-corrected chi connectivity index (χ3v) is 1.85. The molecule has 6 heteroatoms. The second kappa shape index (κ2) is 11.8. The van der Waals surface area contributed by atoms with Crippen LogP contribution in [0.2, 0.25) is 0 Å². The van der Waals surface area contributed by atoms with E-state index in [1.807, 2.05) is 0 Å². The van der Waals surface area contributed by atoms with Crippen molar-refractivity contribution in [1.29, 1.82) is 0 Å². The Bertz CT molecular complexity index is 207. The molecular weight excluding hydrogens is 226 g/mol. The molecule has 0 rings (SSSR count). The molecule has 0 spiro atoms. The van der Waals surface area contributed by atoms with E-state index in [1.54, 1.807) is 0 Å². The van der Waals surface area contributed by atoms with Crippen molar-refractivity contribution < 1.29 is 24.4 Å². The van der Waals surface area contributed by atoms with E-state index >= 15 is 0 Å². The van der Waals surface area contributed by atoms with E-state index in [4.69, 9.17) is 20.8 Å². The lowest BCUT2D eigenvalue weighted by Crippen LogP contribution is -2.27. The van der Waals surface area contributed by atoms with Gasteiger partial charge in [0.25, 0.3) is 0 Å². The largest absolute Gasteiger partial charge is 0.388 e. The van der Waals surface area contributed by atoms with Gasteiger partial charge in [-0.1, -0.05) is 0 Å². The van der Waals surface area contributed by atoms with Gasteiger partial charge in [-0.15, -0.1) is 0 Å². The molecule has 0 radical (unpaired) electrons. The van der Waals surface area contributed by atoms with Gasteiger partial charge in [0, 0.05) is 13.5 Å². The number of rotatable bonds is 11. The molecular formula is C11H21NO5. The lowest BCUT2D eigenvalue weighted by atomic mass is 10.4. The second-order valence-electron chi connectivity index (χ2n) is 3.61. The summed E-state index contributed by atoms with van der Waals surface area (Å²) < 4.78 is 14.9. The topological polar surface area (TPSA) is 72.5 Å². The first kappa shape index (κ1) is 16.3. The van der Waals surface area contributed by atoms with E-state index in [2.05, 4.69) is 4.85 Å². The molecule has 100 valence electrons. The van der Waals surface area contributed by atoms with Gasteiger partial charge >= 0.3 is 0 Å². The molecule has 0 heterocycles. The van der Waals surface area contributed by atoms with Crippen molar-refractivity contribution in [2.45, 2.75) is 18.6 Å². The van der Waals surface area contributed by atoms with Gasteiger partial charge in [-0.3, -0.25) is 0 Å². The number of nitrogens with zero attached hydrogens (tertiary/aromatic N) is 1. The minimum absolute atomic E-state index is 0.115. The Hall–Kier alpha value is -0.710. The Morgan fingerprint density at radius 2 is 1.65 bits per heavy atom. The average molecular weight is 247 g/mol. The number of hydrogen-bond donors (Lipinski definition) is 2. The fourth-order valence-corrected chi connectivity index (χ4v) is 1.09. The second-order valence-corrected chi connectivity index (χ2v) is 3.61. The fraction of sp³-hybridized carbons (Fsp3) is 0.909. The summed E-state index contributed by atoms with van der Waals surface area (Å²) in [5.74, 6) is 0. The molecule has 0 amide bonds. The Kier molecular flexibility index (Phi) is 11.3. The Morgan fingerprint density at radius 1 is 1.06 bits per heavy atom. The van der Waals surface area contributed by atoms with Crippen molar-refractivity contribution in [2.75, 3.05) is 46.7 Å². The molecule has 0 aliphatic heterocycles. The molecule has 2 N–H and O–H groups in total. The van der Waals surface area contributed by atoms with Gasteiger partial charge in [0.1, 0.15) is 12.2 Å². The molecule has 0 aromatic heterocycles. The lowest BCUT2D eigenvalue weighted by Gasteiger charge is -2.13. The van der Waals surface area contributed by atoms with Crippen LogP contribution in [0, 0.1) is 6.57 Å². The summed E-state index contributed by atoms with van der Waals surface area (Å²) in [5, 5.41) is 18.7. The summed E-state index contributed by atoms with van der Waals surface area (Å²) in [6, 6.07) is 0. The quantitative estimate of drug-likeness (QED) is 0.387. The van der Waals surface area contributed by atoms with Crippen LogP contribution in [0.4, 0.5) is 0 Å². The van der Waals surface area contributed by atoms with Crippen molar-refractivity contribution in [3.8, 4) is 0 Å². The first-order valence-electron chi connectivity index (χ1n) is 5.54. The van der Waals surface area contributed by atoms with Crippen LogP contribution in [0.25, 0.3) is 4.85 Å². The van der Waals surface area contributed by atoms with E-state index in [-0.39, 0.29) is 26.4 Å². The Balaban J connectivity index is 3.28. The van der Waals surface area contributed by atoms with Crippen molar-refractivity contribution in [2.24, 2.45) is 0 Å². The van der Waals surface area contributed by atoms with Crippen LogP contribution in [-0.4, -0.2) is 69.1 Å². The van der Waals surface area contributed by atoms with E-state index in [0.717, 1.165) is 0 Å². The standard InChI is InChI=1S/C11H21NO5/c1-12-4-3-5-16-7-11(14)9-17-8-10(13)6-15-2/h10-11,13-14H,3-9H2,2H3. The number of methoxy groups -OCH3 is 1. The van der Waals surface area contributed by atoms with Crippen molar-refractivity contribution in [3.63, 3.8) is 0 Å². The highest BCUT2D eigenvalue weighted by atomic mass is 16.5. The zero-order valence-corrected chi connectivity index (χ0v) is 10.2. The molecule has 2 unspecified atom stereocenters. The third-order valence-electron chi connectivity index (χ3n) is 1.85. The SMILES string of the molecule is [C-]#[N+]CCCOCC(O)COCC(O)COC. The smallest absolute Gasteiger partial charge is 0.216 e. The summed E-state index contributed by atoms with van der Waals surface area (Å²) in [5.41, 5.74) is 0. The van der Waals surface area contributed by atoms with E-state index in [0.29, 0.717) is 19.6 Å². The molecule has 0 aliphatic rings. The minimum atomic E-state index is -0.710. The monoisotopic (exact) mass is 247 g/mol. The lowest BCUT2D eigenvalue weighted by molar-refractivity contribution is -0.0516. The molecule has 0 aliphatic carbocycles. The molecule has 0 aromatic carbocycles. The molecule has 0 saturated carbocycles. The molecule has 0 fully saturated rings.